The molecule has 0 amide bonds. The van der Waals surface area contributed by atoms with Crippen LogP contribution in [0.15, 0.2) is 54.1 Å². The van der Waals surface area contributed by atoms with Gasteiger partial charge in [-0.15, -0.1) is 0 Å². The number of carbonyl (C=O) groups excluding carboxylic acids is 1. The van der Waals surface area contributed by atoms with E-state index in [2.05, 4.69) is 42.3 Å². The van der Waals surface area contributed by atoms with E-state index >= 15 is 0 Å². The first-order chi connectivity index (χ1) is 14.2. The van der Waals surface area contributed by atoms with Gasteiger partial charge in [-0.05, 0) is 61.2 Å². The summed E-state index contributed by atoms with van der Waals surface area (Å²) >= 11 is 0. The highest BCUT2D eigenvalue weighted by molar-refractivity contribution is 5.89. The van der Waals surface area contributed by atoms with E-state index in [1.807, 2.05) is 12.1 Å². The topological polar surface area (TPSA) is 38.8 Å². The maximum atomic E-state index is 11.6. The van der Waals surface area contributed by atoms with Crippen LogP contribution >= 0.6 is 0 Å². The number of rotatable bonds is 3. The number of carbonyl (C=O) groups is 1. The molecule has 2 aliphatic rings. The van der Waals surface area contributed by atoms with Crippen molar-refractivity contribution in [3.05, 3.63) is 76.4 Å². The molecule has 4 rings (SSSR count). The summed E-state index contributed by atoms with van der Waals surface area (Å²) in [5.41, 5.74) is 7.38. The van der Waals surface area contributed by atoms with Crippen molar-refractivity contribution in [3.63, 3.8) is 0 Å². The van der Waals surface area contributed by atoms with Gasteiger partial charge in [-0.1, -0.05) is 42.0 Å². The first-order valence-corrected chi connectivity index (χ1v) is 10.3. The lowest BCUT2D eigenvalue weighted by molar-refractivity contribution is -0.137. The number of nitrogens with zero attached hydrogens (tertiary/aromatic N) is 1. The van der Waals surface area contributed by atoms with E-state index in [4.69, 9.17) is 9.47 Å². The van der Waals surface area contributed by atoms with Crippen molar-refractivity contribution in [1.29, 1.82) is 0 Å². The Labute approximate surface area is 172 Å². The summed E-state index contributed by atoms with van der Waals surface area (Å²) in [7, 11) is 2.18. The van der Waals surface area contributed by atoms with Crippen LogP contribution in [0.2, 0.25) is 0 Å². The Balaban J connectivity index is 1.76. The molecule has 4 heteroatoms. The average molecular weight is 389 g/mol. The van der Waals surface area contributed by atoms with E-state index in [0.29, 0.717) is 13.2 Å². The second kappa shape index (κ2) is 8.66. The number of esters is 1. The molecule has 2 aromatic rings. The lowest BCUT2D eigenvalue weighted by Crippen LogP contribution is -2.27. The molecule has 0 saturated carbocycles. The van der Waals surface area contributed by atoms with E-state index in [-0.39, 0.29) is 5.97 Å². The summed E-state index contributed by atoms with van der Waals surface area (Å²) in [5.74, 6) is 0.540. The number of benzene rings is 2. The van der Waals surface area contributed by atoms with Gasteiger partial charge in [0.2, 0.25) is 0 Å². The van der Waals surface area contributed by atoms with Gasteiger partial charge in [0, 0.05) is 24.7 Å². The zero-order chi connectivity index (χ0) is 20.2. The minimum atomic E-state index is -0.329. The van der Waals surface area contributed by atoms with Gasteiger partial charge < -0.3 is 14.4 Å². The number of piperidine rings is 1. The molecule has 0 N–H and O–H groups in total. The normalized spacial score (nSPS) is 16.8. The van der Waals surface area contributed by atoms with Gasteiger partial charge >= 0.3 is 5.97 Å². The molecule has 2 heterocycles. The molecule has 0 aliphatic carbocycles. The second-order valence-electron chi connectivity index (χ2n) is 7.57. The van der Waals surface area contributed by atoms with Gasteiger partial charge in [0.05, 0.1) is 6.61 Å². The number of fused-ring (bicyclic) bond motifs is 2. The molecule has 0 spiro atoms. The molecule has 2 aliphatic heterocycles. The molecule has 1 saturated heterocycles. The summed E-state index contributed by atoms with van der Waals surface area (Å²) in [6.07, 6.45) is 5.39. The maximum absolute atomic E-state index is 11.6. The van der Waals surface area contributed by atoms with E-state index in [1.165, 1.54) is 28.3 Å². The summed E-state index contributed by atoms with van der Waals surface area (Å²) in [4.78, 5) is 14.0. The molecule has 0 unspecified atom stereocenters. The Bertz CT molecular complexity index is 964. The van der Waals surface area contributed by atoms with Crippen LogP contribution in [0, 0.1) is 0 Å². The summed E-state index contributed by atoms with van der Waals surface area (Å²) < 4.78 is 11.2. The minimum Gasteiger partial charge on any atom is -0.488 e. The number of hydrogen-bond donors (Lipinski definition) is 0. The molecule has 0 radical (unpaired) electrons. The van der Waals surface area contributed by atoms with Crippen LogP contribution in [-0.4, -0.2) is 37.6 Å². The molecule has 0 bridgehead atoms. The highest BCUT2D eigenvalue weighted by Crippen LogP contribution is 2.41. The predicted molar refractivity (Wildman–Crippen MR) is 116 cm³/mol. The van der Waals surface area contributed by atoms with Crippen LogP contribution in [0.4, 0.5) is 0 Å². The largest absolute Gasteiger partial charge is 0.488 e. The van der Waals surface area contributed by atoms with Crippen molar-refractivity contribution < 1.29 is 14.3 Å². The SMILES string of the molecule is CCOC(=O)C=Cc1ccc2c(c1)OCc1ccccc1C2=C1CCN(C)CC1. The predicted octanol–water partition coefficient (Wildman–Crippen LogP) is 4.68. The zero-order valence-corrected chi connectivity index (χ0v) is 17.1. The van der Waals surface area contributed by atoms with Crippen LogP contribution in [-0.2, 0) is 16.1 Å². The van der Waals surface area contributed by atoms with Gasteiger partial charge in [0.15, 0.2) is 0 Å². The van der Waals surface area contributed by atoms with Gasteiger partial charge in [-0.2, -0.15) is 0 Å². The molecular weight excluding hydrogens is 362 g/mol. The summed E-state index contributed by atoms with van der Waals surface area (Å²) in [6.45, 7) is 4.89. The van der Waals surface area contributed by atoms with Crippen molar-refractivity contribution in [2.75, 3.05) is 26.7 Å². The lowest BCUT2D eigenvalue weighted by atomic mass is 9.86. The summed E-state index contributed by atoms with van der Waals surface area (Å²) in [5, 5.41) is 0. The first-order valence-electron chi connectivity index (χ1n) is 10.3. The third-order valence-corrected chi connectivity index (χ3v) is 5.59. The van der Waals surface area contributed by atoms with Gasteiger partial charge in [-0.25, -0.2) is 4.79 Å². The molecule has 4 nitrogen and oxygen atoms in total. The standard InChI is InChI=1S/C25H27NO3/c1-3-28-24(27)11-9-18-8-10-22-23(16-18)29-17-20-6-4-5-7-21(20)25(22)19-12-14-26(2)15-13-19/h4-11,16H,3,12-15,17H2,1-2H3. The Kier molecular flexibility index (Phi) is 5.81. The van der Waals surface area contributed by atoms with Gasteiger partial charge in [0.25, 0.3) is 0 Å². The average Bonchev–Trinajstić information content (AvgIpc) is 2.90. The first kappa shape index (κ1) is 19.5. The Hall–Kier alpha value is -2.85. The van der Waals surface area contributed by atoms with E-state index in [0.717, 1.165) is 42.8 Å². The quantitative estimate of drug-likeness (QED) is 0.564. The van der Waals surface area contributed by atoms with Crippen molar-refractivity contribution >= 4 is 17.6 Å². The molecule has 2 aromatic carbocycles. The fraction of sp³-hybridized carbons (Fsp3) is 0.320. The number of likely N-dealkylation sites (tertiary alicyclic amines) is 1. The highest BCUT2D eigenvalue weighted by atomic mass is 16.5. The summed E-state index contributed by atoms with van der Waals surface area (Å²) in [6, 6.07) is 14.7. The molecule has 0 atom stereocenters. The monoisotopic (exact) mass is 389 g/mol. The van der Waals surface area contributed by atoms with E-state index in [1.54, 1.807) is 13.0 Å². The van der Waals surface area contributed by atoms with E-state index in [9.17, 15) is 4.79 Å². The van der Waals surface area contributed by atoms with Crippen molar-refractivity contribution in [2.24, 2.45) is 0 Å². The molecule has 150 valence electrons. The molecule has 0 aromatic heterocycles. The molecule has 29 heavy (non-hydrogen) atoms. The fourth-order valence-electron chi connectivity index (χ4n) is 4.03. The Morgan fingerprint density at radius 3 is 2.72 bits per heavy atom. The molecular formula is C25H27NO3. The number of hydrogen-bond acceptors (Lipinski definition) is 4. The Morgan fingerprint density at radius 2 is 1.93 bits per heavy atom. The highest BCUT2D eigenvalue weighted by Gasteiger charge is 2.24. The third kappa shape index (κ3) is 4.28. The third-order valence-electron chi connectivity index (χ3n) is 5.59. The van der Waals surface area contributed by atoms with E-state index < -0.39 is 0 Å². The van der Waals surface area contributed by atoms with Crippen LogP contribution in [0.5, 0.6) is 5.75 Å². The van der Waals surface area contributed by atoms with Crippen LogP contribution < -0.4 is 4.74 Å². The van der Waals surface area contributed by atoms with Crippen LogP contribution in [0.3, 0.4) is 0 Å². The van der Waals surface area contributed by atoms with Crippen molar-refractivity contribution in [3.8, 4) is 5.75 Å². The fourth-order valence-corrected chi connectivity index (χ4v) is 4.03. The zero-order valence-electron chi connectivity index (χ0n) is 17.1. The van der Waals surface area contributed by atoms with Gasteiger partial charge in [-0.3, -0.25) is 0 Å². The second-order valence-corrected chi connectivity index (χ2v) is 7.57. The van der Waals surface area contributed by atoms with Crippen LogP contribution in [0.25, 0.3) is 11.6 Å². The lowest BCUT2D eigenvalue weighted by Gasteiger charge is -2.27. The molecule has 1 fully saturated rings. The Morgan fingerprint density at radius 1 is 1.14 bits per heavy atom. The smallest absolute Gasteiger partial charge is 0.330 e. The maximum Gasteiger partial charge on any atom is 0.330 e. The van der Waals surface area contributed by atoms with Gasteiger partial charge in [0.1, 0.15) is 12.4 Å². The minimum absolute atomic E-state index is 0.329. The number of ether oxygens (including phenoxy) is 2. The van der Waals surface area contributed by atoms with Crippen LogP contribution in [0.1, 0.15) is 42.0 Å². The van der Waals surface area contributed by atoms with Crippen molar-refractivity contribution in [1.82, 2.24) is 4.90 Å². The van der Waals surface area contributed by atoms with Crippen molar-refractivity contribution in [2.45, 2.75) is 26.4 Å².